The van der Waals surface area contributed by atoms with E-state index >= 15 is 0 Å². The van der Waals surface area contributed by atoms with Crippen LogP contribution in [0.3, 0.4) is 0 Å². The van der Waals surface area contributed by atoms with E-state index in [0.717, 1.165) is 22.4 Å². The first kappa shape index (κ1) is 13.8. The fourth-order valence-corrected chi connectivity index (χ4v) is 2.39. The molecule has 5 heteroatoms. The highest BCUT2D eigenvalue weighted by Gasteiger charge is 2.14. The molecule has 0 amide bonds. The molecule has 0 atom stereocenters. The normalized spacial score (nSPS) is 10.5. The lowest BCUT2D eigenvalue weighted by molar-refractivity contribution is 1.33. The van der Waals surface area contributed by atoms with Crippen molar-refractivity contribution in [3.8, 4) is 22.4 Å². The van der Waals surface area contributed by atoms with Crippen LogP contribution in [-0.4, -0.2) is 4.98 Å². The minimum Gasteiger partial charge on any atom is -0.399 e. The highest BCUT2D eigenvalue weighted by molar-refractivity contribution is 5.90. The Morgan fingerprint density at radius 2 is 1.14 bits per heavy atom. The lowest BCUT2D eigenvalue weighted by Gasteiger charge is -2.13. The number of nitrogen functional groups attached to an aromatic ring is 4. The van der Waals surface area contributed by atoms with Crippen LogP contribution in [0.5, 0.6) is 0 Å². The maximum absolute atomic E-state index is 6.18. The molecule has 0 saturated carbocycles. The minimum atomic E-state index is 0.378. The van der Waals surface area contributed by atoms with Crippen molar-refractivity contribution in [2.24, 2.45) is 0 Å². The molecule has 0 fully saturated rings. The van der Waals surface area contributed by atoms with Crippen LogP contribution < -0.4 is 22.9 Å². The van der Waals surface area contributed by atoms with E-state index in [2.05, 4.69) is 4.98 Å². The number of nitrogens with zero attached hydrogens (tertiary/aromatic N) is 1. The second-order valence-corrected chi connectivity index (χ2v) is 5.10. The molecule has 8 N–H and O–H groups in total. The van der Waals surface area contributed by atoms with Crippen molar-refractivity contribution in [2.45, 2.75) is 0 Å². The van der Waals surface area contributed by atoms with Crippen LogP contribution in [0.15, 0.2) is 54.6 Å². The standard InChI is InChI=1S/C17H17N5/c18-12-5-1-10(2-6-12)16-14(20)9-15(21)22-17(16)11-3-7-13(19)8-4-11/h1-9H,18-19H2,(H4,20,21,22). The van der Waals surface area contributed by atoms with E-state index in [1.54, 1.807) is 6.07 Å². The van der Waals surface area contributed by atoms with E-state index in [1.807, 2.05) is 48.5 Å². The topological polar surface area (TPSA) is 117 Å². The lowest BCUT2D eigenvalue weighted by atomic mass is 9.97. The Bertz CT molecular complexity index is 808. The van der Waals surface area contributed by atoms with E-state index < -0.39 is 0 Å². The maximum Gasteiger partial charge on any atom is 0.126 e. The van der Waals surface area contributed by atoms with Gasteiger partial charge in [-0.1, -0.05) is 24.3 Å². The Kier molecular flexibility index (Phi) is 3.31. The molecule has 0 aliphatic carbocycles. The van der Waals surface area contributed by atoms with Gasteiger partial charge in [0.2, 0.25) is 0 Å². The van der Waals surface area contributed by atoms with Crippen molar-refractivity contribution in [2.75, 3.05) is 22.9 Å². The molecule has 0 spiro atoms. The van der Waals surface area contributed by atoms with Gasteiger partial charge in [0.1, 0.15) is 5.82 Å². The third-order valence-electron chi connectivity index (χ3n) is 3.45. The highest BCUT2D eigenvalue weighted by Crippen LogP contribution is 2.36. The Labute approximate surface area is 128 Å². The van der Waals surface area contributed by atoms with Crippen LogP contribution in [0.4, 0.5) is 22.9 Å². The molecule has 3 aromatic rings. The second kappa shape index (κ2) is 5.29. The lowest BCUT2D eigenvalue weighted by Crippen LogP contribution is -2.01. The quantitative estimate of drug-likeness (QED) is 0.541. The molecule has 0 bridgehead atoms. The number of anilines is 4. The summed E-state index contributed by atoms with van der Waals surface area (Å²) in [6.07, 6.45) is 0. The number of pyridine rings is 1. The first-order valence-corrected chi connectivity index (χ1v) is 6.82. The van der Waals surface area contributed by atoms with Gasteiger partial charge in [-0.05, 0) is 29.8 Å². The highest BCUT2D eigenvalue weighted by atomic mass is 14.9. The van der Waals surface area contributed by atoms with Gasteiger partial charge in [-0.3, -0.25) is 0 Å². The molecule has 5 nitrogen and oxygen atoms in total. The van der Waals surface area contributed by atoms with E-state index in [1.165, 1.54) is 0 Å². The molecule has 0 aliphatic rings. The molecule has 110 valence electrons. The van der Waals surface area contributed by atoms with Gasteiger partial charge in [-0.15, -0.1) is 0 Å². The molecule has 0 unspecified atom stereocenters. The van der Waals surface area contributed by atoms with Gasteiger partial charge in [0, 0.05) is 34.3 Å². The van der Waals surface area contributed by atoms with E-state index in [4.69, 9.17) is 22.9 Å². The molecule has 3 rings (SSSR count). The average Bonchev–Trinajstić information content (AvgIpc) is 2.49. The van der Waals surface area contributed by atoms with Gasteiger partial charge in [0.05, 0.1) is 5.69 Å². The Balaban J connectivity index is 2.24. The summed E-state index contributed by atoms with van der Waals surface area (Å²) < 4.78 is 0. The summed E-state index contributed by atoms with van der Waals surface area (Å²) in [5, 5.41) is 0. The predicted octanol–water partition coefficient (Wildman–Crippen LogP) is 2.74. The third-order valence-corrected chi connectivity index (χ3v) is 3.45. The Morgan fingerprint density at radius 3 is 1.68 bits per heavy atom. The fourth-order valence-electron chi connectivity index (χ4n) is 2.39. The predicted molar refractivity (Wildman–Crippen MR) is 92.8 cm³/mol. The van der Waals surface area contributed by atoms with Crippen LogP contribution in [0.1, 0.15) is 0 Å². The number of nitrogens with two attached hydrogens (primary N) is 4. The maximum atomic E-state index is 6.18. The molecule has 1 heterocycles. The molecule has 22 heavy (non-hydrogen) atoms. The van der Waals surface area contributed by atoms with Gasteiger partial charge in [0.25, 0.3) is 0 Å². The van der Waals surface area contributed by atoms with E-state index in [-0.39, 0.29) is 0 Å². The largest absolute Gasteiger partial charge is 0.399 e. The zero-order valence-corrected chi connectivity index (χ0v) is 12.0. The smallest absolute Gasteiger partial charge is 0.126 e. The van der Waals surface area contributed by atoms with Crippen molar-refractivity contribution in [3.05, 3.63) is 54.6 Å². The molecule has 2 aromatic carbocycles. The monoisotopic (exact) mass is 291 g/mol. The number of hydrogen-bond acceptors (Lipinski definition) is 5. The summed E-state index contributed by atoms with van der Waals surface area (Å²) in [5.41, 5.74) is 28.9. The van der Waals surface area contributed by atoms with Crippen molar-refractivity contribution in [3.63, 3.8) is 0 Å². The zero-order valence-electron chi connectivity index (χ0n) is 12.0. The van der Waals surface area contributed by atoms with Crippen molar-refractivity contribution in [1.29, 1.82) is 0 Å². The molecule has 0 saturated heterocycles. The van der Waals surface area contributed by atoms with Crippen molar-refractivity contribution in [1.82, 2.24) is 4.98 Å². The minimum absolute atomic E-state index is 0.378. The van der Waals surface area contributed by atoms with Crippen molar-refractivity contribution >= 4 is 22.9 Å². The van der Waals surface area contributed by atoms with Gasteiger partial charge in [-0.25, -0.2) is 4.98 Å². The number of aromatic nitrogens is 1. The van der Waals surface area contributed by atoms with Crippen LogP contribution in [-0.2, 0) is 0 Å². The summed E-state index contributed by atoms with van der Waals surface area (Å²) in [6, 6.07) is 16.6. The number of hydrogen-bond donors (Lipinski definition) is 4. The first-order chi connectivity index (χ1) is 10.5. The summed E-state index contributed by atoms with van der Waals surface area (Å²) >= 11 is 0. The van der Waals surface area contributed by atoms with Gasteiger partial charge >= 0.3 is 0 Å². The van der Waals surface area contributed by atoms with Gasteiger partial charge in [0.15, 0.2) is 0 Å². The summed E-state index contributed by atoms with van der Waals surface area (Å²) in [7, 11) is 0. The molecule has 1 aromatic heterocycles. The average molecular weight is 291 g/mol. The van der Waals surface area contributed by atoms with Crippen LogP contribution in [0.25, 0.3) is 22.4 Å². The zero-order chi connectivity index (χ0) is 15.7. The third kappa shape index (κ3) is 2.52. The van der Waals surface area contributed by atoms with Gasteiger partial charge < -0.3 is 22.9 Å². The Hall–Kier alpha value is -3.21. The first-order valence-electron chi connectivity index (χ1n) is 6.82. The fraction of sp³-hybridized carbons (Fsp3) is 0. The molecule has 0 radical (unpaired) electrons. The second-order valence-electron chi connectivity index (χ2n) is 5.10. The summed E-state index contributed by atoms with van der Waals surface area (Å²) in [5.74, 6) is 0.378. The summed E-state index contributed by atoms with van der Waals surface area (Å²) in [4.78, 5) is 4.46. The van der Waals surface area contributed by atoms with Crippen LogP contribution in [0.2, 0.25) is 0 Å². The Morgan fingerprint density at radius 1 is 0.636 bits per heavy atom. The summed E-state index contributed by atoms with van der Waals surface area (Å²) in [6.45, 7) is 0. The van der Waals surface area contributed by atoms with Gasteiger partial charge in [-0.2, -0.15) is 0 Å². The molecule has 0 aliphatic heterocycles. The van der Waals surface area contributed by atoms with Crippen LogP contribution >= 0.6 is 0 Å². The SMILES string of the molecule is Nc1ccc(-c2nc(N)cc(N)c2-c2ccc(N)cc2)cc1. The van der Waals surface area contributed by atoms with Crippen molar-refractivity contribution < 1.29 is 0 Å². The van der Waals surface area contributed by atoms with E-state index in [9.17, 15) is 0 Å². The molecular weight excluding hydrogens is 274 g/mol. The van der Waals surface area contributed by atoms with E-state index in [0.29, 0.717) is 22.9 Å². The molecular formula is C17H17N5. The number of benzene rings is 2. The van der Waals surface area contributed by atoms with Crippen LogP contribution in [0, 0.1) is 0 Å². The number of rotatable bonds is 2.